The Morgan fingerprint density at radius 2 is 1.18 bits per heavy atom. The second-order valence-electron chi connectivity index (χ2n) is 13.2. The summed E-state index contributed by atoms with van der Waals surface area (Å²) in [6.45, 7) is 4.00. The number of carbonyl (C=O) groups is 2. The van der Waals surface area contributed by atoms with Crippen LogP contribution in [0.1, 0.15) is 168 Å². The van der Waals surface area contributed by atoms with Gasteiger partial charge in [0.25, 0.3) is 0 Å². The van der Waals surface area contributed by atoms with Crippen molar-refractivity contribution in [3.05, 3.63) is 48.8 Å². The summed E-state index contributed by atoms with van der Waals surface area (Å²) in [5, 5.41) is 0. The van der Waals surface area contributed by atoms with Crippen molar-refractivity contribution in [1.82, 2.24) is 0 Å². The van der Waals surface area contributed by atoms with E-state index in [0.29, 0.717) is 12.8 Å². The van der Waals surface area contributed by atoms with Gasteiger partial charge in [-0.2, -0.15) is 0 Å². The molecule has 0 rings (SSSR count). The van der Waals surface area contributed by atoms with Crippen LogP contribution in [0.3, 0.4) is 0 Å². The van der Waals surface area contributed by atoms with E-state index in [4.69, 9.17) is 24.3 Å². The third kappa shape index (κ3) is 37.5. The summed E-state index contributed by atoms with van der Waals surface area (Å²) in [4.78, 5) is 34.2. The fourth-order valence-electron chi connectivity index (χ4n) is 5.19. The summed E-state index contributed by atoms with van der Waals surface area (Å²) in [5.41, 5.74) is 5.35. The zero-order valence-corrected chi connectivity index (χ0v) is 33.2. The number of esters is 1. The Labute approximate surface area is 311 Å². The molecule has 2 atom stereocenters. The van der Waals surface area contributed by atoms with Gasteiger partial charge in [-0.15, -0.1) is 0 Å². The molecule has 0 aliphatic carbocycles. The van der Waals surface area contributed by atoms with Crippen LogP contribution in [-0.4, -0.2) is 49.1 Å². The zero-order valence-electron chi connectivity index (χ0n) is 32.3. The Bertz CT molecular complexity index is 981. The van der Waals surface area contributed by atoms with Crippen molar-refractivity contribution in [3.8, 4) is 0 Å². The molecular weight excluding hydrogens is 665 g/mol. The summed E-state index contributed by atoms with van der Waals surface area (Å²) in [6.07, 6.45) is 40.4. The molecule has 9 nitrogen and oxygen atoms in total. The van der Waals surface area contributed by atoms with E-state index >= 15 is 0 Å². The molecular formula is C41H74NO8P. The van der Waals surface area contributed by atoms with Crippen LogP contribution in [0.5, 0.6) is 0 Å². The number of hydrogen-bond acceptors (Lipinski definition) is 8. The lowest BCUT2D eigenvalue weighted by Gasteiger charge is -2.19. The highest BCUT2D eigenvalue weighted by atomic mass is 31.2. The summed E-state index contributed by atoms with van der Waals surface area (Å²) >= 11 is 0. The van der Waals surface area contributed by atoms with E-state index < -0.39 is 13.9 Å². The van der Waals surface area contributed by atoms with Gasteiger partial charge < -0.3 is 20.1 Å². The lowest BCUT2D eigenvalue weighted by molar-refractivity contribution is -0.147. The number of rotatable bonds is 38. The Morgan fingerprint density at radius 3 is 1.82 bits per heavy atom. The first-order valence-corrected chi connectivity index (χ1v) is 21.6. The van der Waals surface area contributed by atoms with Crippen LogP contribution in [0.2, 0.25) is 0 Å². The minimum Gasteiger partial charge on any atom is -0.492 e. The monoisotopic (exact) mass is 740 g/mol. The number of ketones is 1. The SMILES string of the molecule is CCCCC/C=C\C=C\C(=O)CCCCCCCC(=O)OC[C@H](COP(=O)(O)OCCN)O/C=C/CCCCCC/C=C\CCCCCCCC. The maximum atomic E-state index is 12.4. The number of phosphoric acid groups is 1. The topological polar surface area (TPSA) is 134 Å². The minimum atomic E-state index is -4.29. The molecule has 51 heavy (non-hydrogen) atoms. The summed E-state index contributed by atoms with van der Waals surface area (Å²) < 4.78 is 33.0. The highest BCUT2D eigenvalue weighted by molar-refractivity contribution is 7.47. The van der Waals surface area contributed by atoms with Crippen molar-refractivity contribution in [2.24, 2.45) is 5.73 Å². The maximum absolute atomic E-state index is 12.4. The Kier molecular flexibility index (Phi) is 36.2. The second-order valence-corrected chi connectivity index (χ2v) is 14.7. The second kappa shape index (κ2) is 37.7. The number of hydrogen-bond donors (Lipinski definition) is 2. The molecule has 0 spiro atoms. The number of ether oxygens (including phenoxy) is 2. The molecule has 1 unspecified atom stereocenters. The van der Waals surface area contributed by atoms with E-state index in [1.807, 2.05) is 18.2 Å². The van der Waals surface area contributed by atoms with Gasteiger partial charge in [0.1, 0.15) is 6.61 Å². The molecule has 0 heterocycles. The van der Waals surface area contributed by atoms with E-state index in [1.54, 1.807) is 12.3 Å². The van der Waals surface area contributed by atoms with Crippen LogP contribution in [-0.2, 0) is 32.7 Å². The van der Waals surface area contributed by atoms with E-state index in [9.17, 15) is 19.0 Å². The largest absolute Gasteiger partial charge is 0.492 e. The molecule has 0 aliphatic rings. The minimum absolute atomic E-state index is 0.0801. The average molecular weight is 740 g/mol. The summed E-state index contributed by atoms with van der Waals surface area (Å²) in [7, 11) is -4.29. The van der Waals surface area contributed by atoms with E-state index in [0.717, 1.165) is 57.8 Å². The Balaban J connectivity index is 4.23. The molecule has 0 aromatic carbocycles. The highest BCUT2D eigenvalue weighted by Crippen LogP contribution is 2.43. The lowest BCUT2D eigenvalue weighted by Crippen LogP contribution is -2.25. The van der Waals surface area contributed by atoms with Crippen LogP contribution in [0.25, 0.3) is 0 Å². The zero-order chi connectivity index (χ0) is 37.5. The molecule has 0 fully saturated rings. The van der Waals surface area contributed by atoms with Crippen LogP contribution in [0.4, 0.5) is 0 Å². The smallest absolute Gasteiger partial charge is 0.472 e. The van der Waals surface area contributed by atoms with Gasteiger partial charge in [0.2, 0.25) is 0 Å². The number of unbranched alkanes of at least 4 members (excludes halogenated alkanes) is 18. The average Bonchev–Trinajstić information content (AvgIpc) is 3.12. The van der Waals surface area contributed by atoms with Crippen molar-refractivity contribution in [2.75, 3.05) is 26.4 Å². The molecule has 0 aromatic heterocycles. The van der Waals surface area contributed by atoms with Gasteiger partial charge >= 0.3 is 13.8 Å². The standard InChI is InChI=1S/C41H74NO8P/c1-3-5-7-9-11-12-13-14-15-16-17-18-19-21-26-30-35-47-40(38-50-51(45,46)49-36-34-42)37-48-41(44)33-29-25-22-24-28-32-39(43)31-27-23-20-10-8-6-4-2/h14-15,20,23,27,30-31,35,40H,3-13,16-19,21-22,24-26,28-29,32-34,36-38,42H2,1-2H3,(H,45,46)/b15-14-,23-20-,31-27+,35-30+/t40-/m1/s1. The van der Waals surface area contributed by atoms with Crippen LogP contribution >= 0.6 is 7.82 Å². The van der Waals surface area contributed by atoms with Gasteiger partial charge in [-0.1, -0.05) is 121 Å². The van der Waals surface area contributed by atoms with Crippen molar-refractivity contribution >= 4 is 19.6 Å². The first kappa shape index (κ1) is 49.0. The Hall–Kier alpha value is -2.03. The van der Waals surface area contributed by atoms with Crippen molar-refractivity contribution in [3.63, 3.8) is 0 Å². The molecule has 0 saturated heterocycles. The van der Waals surface area contributed by atoms with E-state index in [-0.39, 0.29) is 44.5 Å². The third-order valence-corrected chi connectivity index (χ3v) is 9.27. The van der Waals surface area contributed by atoms with Crippen molar-refractivity contribution in [2.45, 2.75) is 174 Å². The van der Waals surface area contributed by atoms with Gasteiger partial charge in [-0.3, -0.25) is 18.6 Å². The van der Waals surface area contributed by atoms with Gasteiger partial charge in [0.15, 0.2) is 11.9 Å². The van der Waals surface area contributed by atoms with Crippen LogP contribution in [0.15, 0.2) is 48.8 Å². The van der Waals surface area contributed by atoms with E-state index in [2.05, 4.69) is 32.1 Å². The predicted molar refractivity (Wildman–Crippen MR) is 210 cm³/mol. The number of phosphoric ester groups is 1. The molecule has 0 amide bonds. The number of allylic oxidation sites excluding steroid dienone is 7. The van der Waals surface area contributed by atoms with Gasteiger partial charge in [-0.05, 0) is 76.4 Å². The maximum Gasteiger partial charge on any atom is 0.472 e. The van der Waals surface area contributed by atoms with Gasteiger partial charge in [0, 0.05) is 19.4 Å². The highest BCUT2D eigenvalue weighted by Gasteiger charge is 2.24. The fraction of sp³-hybridized carbons (Fsp3) is 0.756. The van der Waals surface area contributed by atoms with Crippen LogP contribution in [0, 0.1) is 0 Å². The molecule has 0 aliphatic heterocycles. The number of nitrogens with two attached hydrogens (primary N) is 1. The molecule has 0 aromatic rings. The van der Waals surface area contributed by atoms with Crippen LogP contribution < -0.4 is 5.73 Å². The quantitative estimate of drug-likeness (QED) is 0.0121. The summed E-state index contributed by atoms with van der Waals surface area (Å²) in [5.74, 6) is -0.219. The molecule has 296 valence electrons. The lowest BCUT2D eigenvalue weighted by atomic mass is 10.1. The Morgan fingerprint density at radius 1 is 0.647 bits per heavy atom. The molecule has 0 bridgehead atoms. The molecule has 10 heteroatoms. The van der Waals surface area contributed by atoms with Crippen molar-refractivity contribution < 1.29 is 37.6 Å². The van der Waals surface area contributed by atoms with Gasteiger partial charge in [-0.25, -0.2) is 4.57 Å². The normalized spacial score (nSPS) is 13.9. The van der Waals surface area contributed by atoms with E-state index in [1.165, 1.54) is 77.0 Å². The molecule has 0 saturated carbocycles. The van der Waals surface area contributed by atoms with Gasteiger partial charge in [0.05, 0.1) is 19.5 Å². The first-order valence-electron chi connectivity index (χ1n) is 20.1. The van der Waals surface area contributed by atoms with Crippen molar-refractivity contribution in [1.29, 1.82) is 0 Å². The summed E-state index contributed by atoms with van der Waals surface area (Å²) in [6, 6.07) is 0. The first-order chi connectivity index (χ1) is 24.8. The fourth-order valence-corrected chi connectivity index (χ4v) is 5.96. The molecule has 3 N–H and O–H groups in total. The number of carbonyl (C=O) groups excluding carboxylic acids is 2. The molecule has 0 radical (unpaired) electrons. The third-order valence-electron chi connectivity index (χ3n) is 8.28. The predicted octanol–water partition coefficient (Wildman–Crippen LogP) is 11.2.